The first-order chi connectivity index (χ1) is 10.2. The molecule has 5 heteroatoms. The third-order valence-corrected chi connectivity index (χ3v) is 4.09. The minimum Gasteiger partial charge on any atom is -0.326 e. The maximum atomic E-state index is 12.0. The Labute approximate surface area is 127 Å². The molecule has 0 saturated carbocycles. The summed E-state index contributed by atoms with van der Waals surface area (Å²) < 4.78 is 1.92. The molecule has 21 heavy (non-hydrogen) atoms. The molecular weight excluding hydrogens is 282 g/mol. The Bertz CT molecular complexity index is 729. The molecule has 0 spiro atoms. The Hall–Kier alpha value is -2.40. The van der Waals surface area contributed by atoms with Crippen LogP contribution in [0.1, 0.15) is 9.75 Å². The number of aromatic nitrogens is 2. The Morgan fingerprint density at radius 2 is 2.05 bits per heavy atom. The number of imidazole rings is 1. The van der Waals surface area contributed by atoms with E-state index in [1.807, 2.05) is 54.1 Å². The predicted octanol–water partition coefficient (Wildman–Crippen LogP) is 3.42. The lowest BCUT2D eigenvalue weighted by Crippen LogP contribution is -2.13. The Balaban J connectivity index is 1.63. The van der Waals surface area contributed by atoms with Crippen molar-refractivity contribution in [3.63, 3.8) is 0 Å². The van der Waals surface area contributed by atoms with E-state index in [-0.39, 0.29) is 5.91 Å². The van der Waals surface area contributed by atoms with Crippen molar-refractivity contribution in [3.05, 3.63) is 64.9 Å². The number of carbonyl (C=O) groups is 1. The zero-order valence-corrected chi connectivity index (χ0v) is 12.4. The molecule has 0 aliphatic rings. The standard InChI is InChI=1S/C16H15N3OS/c1-12-2-7-15(21-12)10-16(20)18-13-3-5-14(6-4-13)19-9-8-17-11-19/h2-9,11H,10H2,1H3,(H,18,20). The van der Waals surface area contributed by atoms with Crippen molar-refractivity contribution in [1.29, 1.82) is 0 Å². The van der Waals surface area contributed by atoms with Gasteiger partial charge in [0.15, 0.2) is 0 Å². The van der Waals surface area contributed by atoms with Crippen molar-refractivity contribution in [1.82, 2.24) is 9.55 Å². The van der Waals surface area contributed by atoms with E-state index in [9.17, 15) is 4.79 Å². The van der Waals surface area contributed by atoms with Crippen LogP contribution in [-0.4, -0.2) is 15.5 Å². The largest absolute Gasteiger partial charge is 0.326 e. The Morgan fingerprint density at radius 1 is 1.24 bits per heavy atom. The summed E-state index contributed by atoms with van der Waals surface area (Å²) in [4.78, 5) is 18.3. The van der Waals surface area contributed by atoms with Crippen LogP contribution in [0.5, 0.6) is 0 Å². The van der Waals surface area contributed by atoms with E-state index in [0.29, 0.717) is 6.42 Å². The van der Waals surface area contributed by atoms with E-state index in [1.54, 1.807) is 23.9 Å². The van der Waals surface area contributed by atoms with E-state index < -0.39 is 0 Å². The third-order valence-electron chi connectivity index (χ3n) is 3.08. The molecule has 106 valence electrons. The van der Waals surface area contributed by atoms with Gasteiger partial charge in [-0.15, -0.1) is 11.3 Å². The monoisotopic (exact) mass is 297 g/mol. The van der Waals surface area contributed by atoms with Gasteiger partial charge in [-0.2, -0.15) is 0 Å². The lowest BCUT2D eigenvalue weighted by atomic mass is 10.2. The lowest BCUT2D eigenvalue weighted by Gasteiger charge is -2.06. The summed E-state index contributed by atoms with van der Waals surface area (Å²) in [5.41, 5.74) is 1.82. The fraction of sp³-hybridized carbons (Fsp3) is 0.125. The van der Waals surface area contributed by atoms with Gasteiger partial charge < -0.3 is 9.88 Å². The van der Waals surface area contributed by atoms with E-state index in [4.69, 9.17) is 0 Å². The van der Waals surface area contributed by atoms with Crippen LogP contribution in [-0.2, 0) is 11.2 Å². The van der Waals surface area contributed by atoms with Crippen LogP contribution < -0.4 is 5.32 Å². The van der Waals surface area contributed by atoms with Gasteiger partial charge in [0.25, 0.3) is 0 Å². The van der Waals surface area contributed by atoms with E-state index >= 15 is 0 Å². The highest BCUT2D eigenvalue weighted by molar-refractivity contribution is 7.12. The maximum absolute atomic E-state index is 12.0. The summed E-state index contributed by atoms with van der Waals surface area (Å²) in [7, 11) is 0. The zero-order chi connectivity index (χ0) is 14.7. The molecule has 1 aromatic carbocycles. The molecule has 3 rings (SSSR count). The van der Waals surface area contributed by atoms with Crippen molar-refractivity contribution in [2.75, 3.05) is 5.32 Å². The second-order valence-electron chi connectivity index (χ2n) is 4.75. The number of rotatable bonds is 4. The summed E-state index contributed by atoms with van der Waals surface area (Å²) in [5.74, 6) is 0.00670. The minimum atomic E-state index is 0.00670. The van der Waals surface area contributed by atoms with Crippen molar-refractivity contribution in [2.45, 2.75) is 13.3 Å². The molecule has 0 fully saturated rings. The number of anilines is 1. The molecule has 0 aliphatic heterocycles. The van der Waals surface area contributed by atoms with Crippen LogP contribution in [0.2, 0.25) is 0 Å². The van der Waals surface area contributed by atoms with Crippen LogP contribution in [0.3, 0.4) is 0 Å². The number of carbonyl (C=O) groups excluding carboxylic acids is 1. The van der Waals surface area contributed by atoms with Crippen molar-refractivity contribution >= 4 is 22.9 Å². The first kappa shape index (κ1) is 13.6. The van der Waals surface area contributed by atoms with Crippen LogP contribution in [0, 0.1) is 6.92 Å². The first-order valence-corrected chi connectivity index (χ1v) is 7.46. The van der Waals surface area contributed by atoms with Crippen molar-refractivity contribution in [3.8, 4) is 5.69 Å². The van der Waals surface area contributed by atoms with Gasteiger partial charge in [-0.25, -0.2) is 4.98 Å². The number of aryl methyl sites for hydroxylation is 1. The van der Waals surface area contributed by atoms with Crippen molar-refractivity contribution in [2.24, 2.45) is 0 Å². The summed E-state index contributed by atoms with van der Waals surface area (Å²) in [5, 5.41) is 2.92. The summed E-state index contributed by atoms with van der Waals surface area (Å²) >= 11 is 1.66. The molecule has 4 nitrogen and oxygen atoms in total. The summed E-state index contributed by atoms with van der Waals surface area (Å²) in [6.45, 7) is 2.04. The number of hydrogen-bond acceptors (Lipinski definition) is 3. The number of hydrogen-bond donors (Lipinski definition) is 1. The third kappa shape index (κ3) is 3.38. The fourth-order valence-corrected chi connectivity index (χ4v) is 2.96. The molecule has 2 heterocycles. The van der Waals surface area contributed by atoms with Gasteiger partial charge in [0.05, 0.1) is 12.7 Å². The van der Waals surface area contributed by atoms with Gasteiger partial charge in [-0.3, -0.25) is 4.79 Å². The lowest BCUT2D eigenvalue weighted by molar-refractivity contribution is -0.115. The Morgan fingerprint density at radius 3 is 2.67 bits per heavy atom. The molecule has 0 unspecified atom stereocenters. The zero-order valence-electron chi connectivity index (χ0n) is 11.6. The molecule has 0 aliphatic carbocycles. The quantitative estimate of drug-likeness (QED) is 0.802. The number of thiophene rings is 1. The molecular formula is C16H15N3OS. The predicted molar refractivity (Wildman–Crippen MR) is 85.0 cm³/mol. The van der Waals surface area contributed by atoms with Crippen molar-refractivity contribution < 1.29 is 4.79 Å². The van der Waals surface area contributed by atoms with Gasteiger partial charge in [0.2, 0.25) is 5.91 Å². The highest BCUT2D eigenvalue weighted by Crippen LogP contribution is 2.17. The van der Waals surface area contributed by atoms with E-state index in [2.05, 4.69) is 10.3 Å². The summed E-state index contributed by atoms with van der Waals surface area (Å²) in [6.07, 6.45) is 5.78. The highest BCUT2D eigenvalue weighted by Gasteiger charge is 2.06. The Kier molecular flexibility index (Phi) is 3.83. The van der Waals surface area contributed by atoms with Gasteiger partial charge in [-0.05, 0) is 43.3 Å². The SMILES string of the molecule is Cc1ccc(CC(=O)Nc2ccc(-n3ccnc3)cc2)s1. The second kappa shape index (κ2) is 5.93. The molecule has 0 atom stereocenters. The van der Waals surface area contributed by atoms with Gasteiger partial charge in [0.1, 0.15) is 0 Å². The number of amides is 1. The molecule has 0 saturated heterocycles. The fourth-order valence-electron chi connectivity index (χ4n) is 2.07. The highest BCUT2D eigenvalue weighted by atomic mass is 32.1. The number of nitrogens with one attached hydrogen (secondary N) is 1. The normalized spacial score (nSPS) is 10.5. The van der Waals surface area contributed by atoms with E-state index in [0.717, 1.165) is 16.3 Å². The van der Waals surface area contributed by atoms with Crippen LogP contribution >= 0.6 is 11.3 Å². The molecule has 0 bridgehead atoms. The van der Waals surface area contributed by atoms with Gasteiger partial charge in [0, 0.05) is 33.5 Å². The topological polar surface area (TPSA) is 46.9 Å². The van der Waals surface area contributed by atoms with E-state index in [1.165, 1.54) is 4.88 Å². The average molecular weight is 297 g/mol. The molecule has 2 aromatic heterocycles. The maximum Gasteiger partial charge on any atom is 0.229 e. The van der Waals surface area contributed by atoms with Crippen LogP contribution in [0.15, 0.2) is 55.1 Å². The second-order valence-corrected chi connectivity index (χ2v) is 6.13. The average Bonchev–Trinajstić information content (AvgIpc) is 3.11. The van der Waals surface area contributed by atoms with Crippen LogP contribution in [0.25, 0.3) is 5.69 Å². The number of benzene rings is 1. The minimum absolute atomic E-state index is 0.00670. The smallest absolute Gasteiger partial charge is 0.229 e. The first-order valence-electron chi connectivity index (χ1n) is 6.64. The number of nitrogens with zero attached hydrogens (tertiary/aromatic N) is 2. The molecule has 1 amide bonds. The van der Waals surface area contributed by atoms with Gasteiger partial charge in [-0.1, -0.05) is 0 Å². The van der Waals surface area contributed by atoms with Gasteiger partial charge >= 0.3 is 0 Å². The summed E-state index contributed by atoms with van der Waals surface area (Å²) in [6, 6.07) is 11.7. The molecule has 1 N–H and O–H groups in total. The van der Waals surface area contributed by atoms with Crippen LogP contribution in [0.4, 0.5) is 5.69 Å². The molecule has 3 aromatic rings. The molecule has 0 radical (unpaired) electrons.